The largest absolute Gasteiger partial charge is 0.356 e. The van der Waals surface area contributed by atoms with Gasteiger partial charge in [-0.15, -0.1) is 0 Å². The summed E-state index contributed by atoms with van der Waals surface area (Å²) in [6.45, 7) is 3.58. The number of hydrogen-bond donors (Lipinski definition) is 0. The van der Waals surface area contributed by atoms with Gasteiger partial charge in [-0.05, 0) is 6.92 Å². The van der Waals surface area contributed by atoms with Gasteiger partial charge in [0.25, 0.3) is 0 Å². The molecule has 3 aliphatic heterocycles. The lowest BCUT2D eigenvalue weighted by Crippen LogP contribution is -2.54. The Labute approximate surface area is 107 Å². The molecule has 104 valence electrons. The highest BCUT2D eigenvalue weighted by molar-refractivity contribution is 4.97. The molecule has 3 heterocycles. The fourth-order valence-electron chi connectivity index (χ4n) is 3.18. The number of nitrogens with zero attached hydrogens (tertiary/aromatic N) is 1. The van der Waals surface area contributed by atoms with Gasteiger partial charge in [0, 0.05) is 33.2 Å². The van der Waals surface area contributed by atoms with E-state index in [-0.39, 0.29) is 31.0 Å². The van der Waals surface area contributed by atoms with Crippen molar-refractivity contribution in [1.29, 1.82) is 0 Å². The van der Waals surface area contributed by atoms with Gasteiger partial charge in [0.1, 0.15) is 6.10 Å². The number of hydrogen-bond acceptors (Lipinski definition) is 6. The van der Waals surface area contributed by atoms with Crippen molar-refractivity contribution in [3.05, 3.63) is 0 Å². The van der Waals surface area contributed by atoms with Gasteiger partial charge in [0.15, 0.2) is 18.8 Å². The molecule has 0 aromatic heterocycles. The van der Waals surface area contributed by atoms with Crippen molar-refractivity contribution in [2.75, 3.05) is 27.4 Å². The monoisotopic (exact) mass is 259 g/mol. The van der Waals surface area contributed by atoms with E-state index in [1.165, 1.54) is 0 Å². The predicted octanol–water partition coefficient (Wildman–Crippen LogP) is 0.166. The Kier molecular flexibility index (Phi) is 3.57. The van der Waals surface area contributed by atoms with Crippen molar-refractivity contribution in [3.63, 3.8) is 0 Å². The van der Waals surface area contributed by atoms with Gasteiger partial charge in [0.05, 0.1) is 12.7 Å². The van der Waals surface area contributed by atoms with E-state index in [1.807, 2.05) is 6.92 Å². The molecule has 0 amide bonds. The highest BCUT2D eigenvalue weighted by atomic mass is 16.7. The molecule has 0 aliphatic carbocycles. The average Bonchev–Trinajstić information content (AvgIpc) is 2.78. The Bertz CT molecular complexity index is 302. The Morgan fingerprint density at radius 3 is 2.72 bits per heavy atom. The van der Waals surface area contributed by atoms with Crippen molar-refractivity contribution in [2.45, 2.75) is 50.4 Å². The quantitative estimate of drug-likeness (QED) is 0.704. The minimum absolute atomic E-state index is 0.0248. The molecule has 0 N–H and O–H groups in total. The molecule has 18 heavy (non-hydrogen) atoms. The third-order valence-corrected chi connectivity index (χ3v) is 4.05. The Balaban J connectivity index is 1.78. The van der Waals surface area contributed by atoms with E-state index < -0.39 is 0 Å². The minimum atomic E-state index is -0.308. The first-order chi connectivity index (χ1) is 8.74. The standard InChI is InChI=1S/C12H21NO5/c1-7-10-8(6-9(14-2)17-7)13-4-5-16-12(15-3)11(13)18-10/h7-12H,4-6H2,1-3H3/t7-,8-,9+,10+,11+,12-/m0/s1. The molecule has 6 heteroatoms. The fraction of sp³-hybridized carbons (Fsp3) is 1.00. The number of methoxy groups -OCH3 is 2. The molecule has 0 aromatic carbocycles. The summed E-state index contributed by atoms with van der Waals surface area (Å²) in [5.74, 6) is 0. The Morgan fingerprint density at radius 2 is 2.00 bits per heavy atom. The molecule has 0 aromatic rings. The van der Waals surface area contributed by atoms with Crippen molar-refractivity contribution in [2.24, 2.45) is 0 Å². The molecule has 3 fully saturated rings. The smallest absolute Gasteiger partial charge is 0.197 e. The van der Waals surface area contributed by atoms with Crippen LogP contribution < -0.4 is 0 Å². The summed E-state index contributed by atoms with van der Waals surface area (Å²) >= 11 is 0. The van der Waals surface area contributed by atoms with Crippen LogP contribution in [0.2, 0.25) is 0 Å². The van der Waals surface area contributed by atoms with Crippen LogP contribution in [0.15, 0.2) is 0 Å². The van der Waals surface area contributed by atoms with E-state index in [2.05, 4.69) is 4.90 Å². The van der Waals surface area contributed by atoms with Crippen LogP contribution in [0.1, 0.15) is 13.3 Å². The molecule has 3 rings (SSSR count). The zero-order valence-corrected chi connectivity index (χ0v) is 11.1. The summed E-state index contributed by atoms with van der Waals surface area (Å²) in [5.41, 5.74) is 0. The van der Waals surface area contributed by atoms with Crippen molar-refractivity contribution >= 4 is 0 Å². The number of fused-ring (bicyclic) bond motifs is 3. The summed E-state index contributed by atoms with van der Waals surface area (Å²) in [7, 11) is 3.33. The van der Waals surface area contributed by atoms with E-state index in [0.717, 1.165) is 13.0 Å². The van der Waals surface area contributed by atoms with Crippen molar-refractivity contribution in [3.8, 4) is 0 Å². The summed E-state index contributed by atoms with van der Waals surface area (Å²) in [6, 6.07) is 0.324. The normalized spacial score (nSPS) is 48.8. The minimum Gasteiger partial charge on any atom is -0.356 e. The highest BCUT2D eigenvalue weighted by Crippen LogP contribution is 2.37. The Morgan fingerprint density at radius 1 is 1.17 bits per heavy atom. The van der Waals surface area contributed by atoms with Crippen LogP contribution in [0.3, 0.4) is 0 Å². The van der Waals surface area contributed by atoms with Gasteiger partial charge in [-0.3, -0.25) is 4.90 Å². The van der Waals surface area contributed by atoms with Crippen LogP contribution in [0.4, 0.5) is 0 Å². The number of morpholine rings is 1. The molecular weight excluding hydrogens is 238 g/mol. The van der Waals surface area contributed by atoms with Crippen LogP contribution in [-0.2, 0) is 23.7 Å². The van der Waals surface area contributed by atoms with Crippen LogP contribution in [-0.4, -0.2) is 69.3 Å². The van der Waals surface area contributed by atoms with Crippen molar-refractivity contribution in [1.82, 2.24) is 4.90 Å². The van der Waals surface area contributed by atoms with E-state index >= 15 is 0 Å². The summed E-state index contributed by atoms with van der Waals surface area (Å²) < 4.78 is 28.1. The van der Waals surface area contributed by atoms with E-state index in [4.69, 9.17) is 23.7 Å². The third kappa shape index (κ3) is 1.97. The van der Waals surface area contributed by atoms with Gasteiger partial charge in [-0.2, -0.15) is 0 Å². The zero-order valence-electron chi connectivity index (χ0n) is 11.1. The zero-order chi connectivity index (χ0) is 12.7. The molecule has 0 bridgehead atoms. The van der Waals surface area contributed by atoms with Crippen LogP contribution in [0, 0.1) is 0 Å². The van der Waals surface area contributed by atoms with E-state index in [0.29, 0.717) is 12.6 Å². The molecule has 0 spiro atoms. The fourth-order valence-corrected chi connectivity index (χ4v) is 3.18. The average molecular weight is 259 g/mol. The van der Waals surface area contributed by atoms with Gasteiger partial charge in [-0.1, -0.05) is 0 Å². The molecule has 0 unspecified atom stereocenters. The number of rotatable bonds is 2. The maximum absolute atomic E-state index is 6.07. The maximum atomic E-state index is 6.07. The molecule has 0 radical (unpaired) electrons. The maximum Gasteiger partial charge on any atom is 0.197 e. The molecule has 6 nitrogen and oxygen atoms in total. The topological polar surface area (TPSA) is 49.4 Å². The first kappa shape index (κ1) is 12.8. The predicted molar refractivity (Wildman–Crippen MR) is 61.9 cm³/mol. The number of ether oxygens (including phenoxy) is 5. The molecule has 6 atom stereocenters. The highest BCUT2D eigenvalue weighted by Gasteiger charge is 2.53. The second-order valence-electron chi connectivity index (χ2n) is 5.01. The molecule has 0 saturated carbocycles. The summed E-state index contributed by atoms with van der Waals surface area (Å²) in [4.78, 5) is 2.33. The van der Waals surface area contributed by atoms with E-state index in [9.17, 15) is 0 Å². The van der Waals surface area contributed by atoms with Crippen LogP contribution in [0.25, 0.3) is 0 Å². The summed E-state index contributed by atoms with van der Waals surface area (Å²) in [6.07, 6.45) is 0.348. The summed E-state index contributed by atoms with van der Waals surface area (Å²) in [5, 5.41) is 0. The van der Waals surface area contributed by atoms with Gasteiger partial charge in [0.2, 0.25) is 0 Å². The molecular formula is C12H21NO5. The van der Waals surface area contributed by atoms with Gasteiger partial charge >= 0.3 is 0 Å². The molecule has 3 saturated heterocycles. The SMILES string of the molecule is CO[C@H]1C[C@H]2[C@H](O[C@@H]3[C@@H](OC)OCCN32)[C@H](C)O1. The first-order valence-corrected chi connectivity index (χ1v) is 6.48. The lowest BCUT2D eigenvalue weighted by Gasteiger charge is -2.39. The third-order valence-electron chi connectivity index (χ3n) is 4.05. The Hall–Kier alpha value is -0.240. The lowest BCUT2D eigenvalue weighted by molar-refractivity contribution is -0.249. The van der Waals surface area contributed by atoms with Gasteiger partial charge < -0.3 is 23.7 Å². The van der Waals surface area contributed by atoms with Crippen molar-refractivity contribution < 1.29 is 23.7 Å². The van der Waals surface area contributed by atoms with Gasteiger partial charge in [-0.25, -0.2) is 0 Å². The van der Waals surface area contributed by atoms with Crippen LogP contribution >= 0.6 is 0 Å². The second-order valence-corrected chi connectivity index (χ2v) is 5.01. The molecule has 3 aliphatic rings. The second kappa shape index (κ2) is 5.03. The van der Waals surface area contributed by atoms with E-state index in [1.54, 1.807) is 14.2 Å². The first-order valence-electron chi connectivity index (χ1n) is 6.48. The van der Waals surface area contributed by atoms with Crippen LogP contribution in [0.5, 0.6) is 0 Å². The lowest BCUT2D eigenvalue weighted by atomic mass is 9.99.